The highest BCUT2D eigenvalue weighted by atomic mass is 19.1. The summed E-state index contributed by atoms with van der Waals surface area (Å²) < 4.78 is 19.8. The minimum Gasteiger partial charge on any atom is -0.460 e. The fraction of sp³-hybridized carbons (Fsp3) is 0.316. The van der Waals surface area contributed by atoms with Crippen molar-refractivity contribution in [3.8, 4) is 0 Å². The Labute approximate surface area is 149 Å². The molecule has 2 aromatic rings. The third-order valence-electron chi connectivity index (χ3n) is 4.36. The van der Waals surface area contributed by atoms with Crippen molar-refractivity contribution in [3.05, 3.63) is 52.6 Å². The highest BCUT2D eigenvalue weighted by Crippen LogP contribution is 2.26. The zero-order chi connectivity index (χ0) is 18.8. The van der Waals surface area contributed by atoms with Gasteiger partial charge in [-0.1, -0.05) is 0 Å². The number of ketones is 1. The van der Waals surface area contributed by atoms with Gasteiger partial charge in [-0.25, -0.2) is 9.18 Å². The van der Waals surface area contributed by atoms with Crippen LogP contribution in [0.1, 0.15) is 45.4 Å². The van der Waals surface area contributed by atoms with Crippen LogP contribution in [-0.4, -0.2) is 28.8 Å². The Morgan fingerprint density at radius 1 is 1.27 bits per heavy atom. The molecule has 1 aromatic carbocycles. The van der Waals surface area contributed by atoms with E-state index in [0.717, 1.165) is 6.42 Å². The fourth-order valence-electron chi connectivity index (χ4n) is 3.13. The molecule has 1 amide bonds. The minimum absolute atomic E-state index is 0.107. The number of esters is 1. The molecule has 1 N–H and O–H groups in total. The molecule has 0 bridgehead atoms. The number of aryl methyl sites for hydroxylation is 1. The quantitative estimate of drug-likeness (QED) is 0.506. The van der Waals surface area contributed by atoms with E-state index in [1.165, 1.54) is 24.3 Å². The average Bonchev–Trinajstić information content (AvgIpc) is 3.20. The summed E-state index contributed by atoms with van der Waals surface area (Å²) >= 11 is 0. The number of nitrogens with one attached hydrogen (secondary N) is 1. The van der Waals surface area contributed by atoms with Gasteiger partial charge >= 0.3 is 5.97 Å². The SMILES string of the molecule is CCOC(=O)C(=O)c1cc(C(=O)Nc2ccc(F)c(C)c2)c2n1CCC2. The Balaban J connectivity index is 1.89. The number of hydrogen-bond acceptors (Lipinski definition) is 4. The van der Waals surface area contributed by atoms with Crippen LogP contribution in [-0.2, 0) is 22.5 Å². The molecular formula is C19H19FN2O4. The number of carbonyl (C=O) groups excluding carboxylic acids is 3. The second-order valence-corrected chi connectivity index (χ2v) is 6.11. The number of nitrogens with zero attached hydrogens (tertiary/aromatic N) is 1. The molecule has 0 radical (unpaired) electrons. The Hall–Kier alpha value is -2.96. The standard InChI is InChI=1S/C19H19FN2O4/c1-3-26-19(25)17(23)16-10-13(15-5-4-8-22(15)16)18(24)21-12-6-7-14(20)11(2)9-12/h6-7,9-10H,3-5,8H2,1-2H3,(H,21,24). The lowest BCUT2D eigenvalue weighted by atomic mass is 10.1. The predicted molar refractivity (Wildman–Crippen MR) is 92.8 cm³/mol. The van der Waals surface area contributed by atoms with Gasteiger partial charge in [-0.15, -0.1) is 0 Å². The second kappa shape index (κ2) is 7.11. The monoisotopic (exact) mass is 358 g/mol. The Morgan fingerprint density at radius 2 is 2.04 bits per heavy atom. The summed E-state index contributed by atoms with van der Waals surface area (Å²) in [5.41, 5.74) is 2.11. The van der Waals surface area contributed by atoms with Crippen molar-refractivity contribution in [3.63, 3.8) is 0 Å². The van der Waals surface area contributed by atoms with Crippen molar-refractivity contribution in [2.45, 2.75) is 33.2 Å². The van der Waals surface area contributed by atoms with Crippen molar-refractivity contribution in [2.24, 2.45) is 0 Å². The zero-order valence-electron chi connectivity index (χ0n) is 14.6. The molecule has 0 atom stereocenters. The van der Waals surface area contributed by atoms with Gasteiger partial charge in [-0.2, -0.15) is 0 Å². The van der Waals surface area contributed by atoms with Gasteiger partial charge in [0.15, 0.2) is 0 Å². The first-order valence-corrected chi connectivity index (χ1v) is 8.43. The van der Waals surface area contributed by atoms with Crippen molar-refractivity contribution in [2.75, 3.05) is 11.9 Å². The van der Waals surface area contributed by atoms with Crippen LogP contribution in [0.25, 0.3) is 0 Å². The van der Waals surface area contributed by atoms with Crippen LogP contribution in [0, 0.1) is 12.7 Å². The highest BCUT2D eigenvalue weighted by Gasteiger charge is 2.30. The molecule has 0 saturated heterocycles. The van der Waals surface area contributed by atoms with E-state index in [1.807, 2.05) is 0 Å². The molecule has 2 heterocycles. The molecule has 1 aromatic heterocycles. The second-order valence-electron chi connectivity index (χ2n) is 6.11. The van der Waals surface area contributed by atoms with Gasteiger partial charge < -0.3 is 14.6 Å². The summed E-state index contributed by atoms with van der Waals surface area (Å²) in [6, 6.07) is 5.72. The molecule has 1 aliphatic heterocycles. The van der Waals surface area contributed by atoms with E-state index in [2.05, 4.69) is 5.32 Å². The van der Waals surface area contributed by atoms with Crippen molar-refractivity contribution < 1.29 is 23.5 Å². The van der Waals surface area contributed by atoms with Crippen LogP contribution in [0.3, 0.4) is 0 Å². The summed E-state index contributed by atoms with van der Waals surface area (Å²) in [6.07, 6.45) is 1.43. The third kappa shape index (κ3) is 3.24. The molecule has 3 rings (SSSR count). The molecule has 0 saturated carbocycles. The van der Waals surface area contributed by atoms with Gasteiger partial charge in [0, 0.05) is 17.9 Å². The number of benzene rings is 1. The Kier molecular flexibility index (Phi) is 4.88. The van der Waals surface area contributed by atoms with Crippen LogP contribution >= 0.6 is 0 Å². The first kappa shape index (κ1) is 17.8. The number of rotatable bonds is 5. The topological polar surface area (TPSA) is 77.4 Å². The van der Waals surface area contributed by atoms with Crippen molar-refractivity contribution in [1.29, 1.82) is 0 Å². The molecule has 7 heteroatoms. The normalized spacial score (nSPS) is 12.6. The molecule has 0 spiro atoms. The summed E-state index contributed by atoms with van der Waals surface area (Å²) in [4.78, 5) is 36.7. The van der Waals surface area contributed by atoms with Crippen LogP contribution in [0.5, 0.6) is 0 Å². The van der Waals surface area contributed by atoms with E-state index >= 15 is 0 Å². The smallest absolute Gasteiger partial charge is 0.381 e. The molecule has 0 unspecified atom stereocenters. The van der Waals surface area contributed by atoms with Gasteiger partial charge in [-0.3, -0.25) is 9.59 Å². The number of hydrogen-bond donors (Lipinski definition) is 1. The first-order chi connectivity index (χ1) is 12.4. The number of fused-ring (bicyclic) bond motifs is 1. The van der Waals surface area contributed by atoms with E-state index < -0.39 is 17.7 Å². The summed E-state index contributed by atoms with van der Waals surface area (Å²) in [6.45, 7) is 3.91. The number of halogens is 1. The lowest BCUT2D eigenvalue weighted by Gasteiger charge is -2.07. The van der Waals surface area contributed by atoms with Gasteiger partial charge in [-0.05, 0) is 56.5 Å². The molecule has 136 valence electrons. The van der Waals surface area contributed by atoms with Gasteiger partial charge in [0.25, 0.3) is 11.7 Å². The molecule has 26 heavy (non-hydrogen) atoms. The first-order valence-electron chi connectivity index (χ1n) is 8.43. The number of anilines is 1. The third-order valence-corrected chi connectivity index (χ3v) is 4.36. The zero-order valence-corrected chi connectivity index (χ0v) is 14.6. The maximum absolute atomic E-state index is 13.4. The molecule has 0 aliphatic carbocycles. The summed E-state index contributed by atoms with van der Waals surface area (Å²) in [5, 5.41) is 2.72. The molecule has 6 nitrogen and oxygen atoms in total. The van der Waals surface area contributed by atoms with Crippen LogP contribution in [0.2, 0.25) is 0 Å². The Morgan fingerprint density at radius 3 is 2.73 bits per heavy atom. The van der Waals surface area contributed by atoms with E-state index in [-0.39, 0.29) is 18.1 Å². The lowest BCUT2D eigenvalue weighted by molar-refractivity contribution is -0.137. The van der Waals surface area contributed by atoms with Crippen LogP contribution in [0.4, 0.5) is 10.1 Å². The molecule has 0 fully saturated rings. The van der Waals surface area contributed by atoms with E-state index in [1.54, 1.807) is 18.4 Å². The highest BCUT2D eigenvalue weighted by molar-refractivity contribution is 6.40. The average molecular weight is 358 g/mol. The van der Waals surface area contributed by atoms with E-state index in [0.29, 0.717) is 35.5 Å². The van der Waals surface area contributed by atoms with Crippen molar-refractivity contribution >= 4 is 23.3 Å². The maximum Gasteiger partial charge on any atom is 0.381 e. The Bertz CT molecular complexity index is 901. The number of aromatic nitrogens is 1. The minimum atomic E-state index is -0.930. The van der Waals surface area contributed by atoms with Crippen LogP contribution in [0.15, 0.2) is 24.3 Å². The molecule has 1 aliphatic rings. The van der Waals surface area contributed by atoms with E-state index in [4.69, 9.17) is 4.74 Å². The number of amides is 1. The fourth-order valence-corrected chi connectivity index (χ4v) is 3.13. The lowest BCUT2D eigenvalue weighted by Crippen LogP contribution is -2.20. The van der Waals surface area contributed by atoms with Crippen molar-refractivity contribution in [1.82, 2.24) is 4.57 Å². The molecular weight excluding hydrogens is 339 g/mol. The largest absolute Gasteiger partial charge is 0.460 e. The van der Waals surface area contributed by atoms with Gasteiger partial charge in [0.05, 0.1) is 17.9 Å². The van der Waals surface area contributed by atoms with Gasteiger partial charge in [0.1, 0.15) is 5.82 Å². The summed E-state index contributed by atoms with van der Waals surface area (Å²) in [5.74, 6) is -2.44. The van der Waals surface area contributed by atoms with E-state index in [9.17, 15) is 18.8 Å². The number of ether oxygens (including phenoxy) is 1. The number of carbonyl (C=O) groups is 3. The maximum atomic E-state index is 13.4. The summed E-state index contributed by atoms with van der Waals surface area (Å²) in [7, 11) is 0. The van der Waals surface area contributed by atoms with Gasteiger partial charge in [0.2, 0.25) is 0 Å². The predicted octanol–water partition coefficient (Wildman–Crippen LogP) is 2.88. The van der Waals surface area contributed by atoms with Crippen LogP contribution < -0.4 is 5.32 Å². The number of Topliss-reactive ketones (excluding diaryl/α,β-unsaturated/α-hetero) is 1.